The van der Waals surface area contributed by atoms with Gasteiger partial charge in [-0.2, -0.15) is 0 Å². The maximum Gasteiger partial charge on any atom is 0.309 e. The lowest BCUT2D eigenvalue weighted by molar-refractivity contribution is -0.147. The lowest BCUT2D eigenvalue weighted by Gasteiger charge is -2.38. The largest absolute Gasteiger partial charge is 0.488 e. The highest BCUT2D eigenvalue weighted by Gasteiger charge is 2.35. The van der Waals surface area contributed by atoms with Gasteiger partial charge in [-0.15, -0.1) is 0 Å². The Labute approximate surface area is 254 Å². The quantitative estimate of drug-likeness (QED) is 0.376. The molecule has 0 aliphatic carbocycles. The van der Waals surface area contributed by atoms with Crippen LogP contribution >= 0.6 is 0 Å². The minimum absolute atomic E-state index is 0.376. The van der Waals surface area contributed by atoms with E-state index in [9.17, 15) is 9.90 Å². The van der Waals surface area contributed by atoms with E-state index in [1.54, 1.807) is 7.11 Å². The molecule has 2 aromatic carbocycles. The first-order chi connectivity index (χ1) is 20.9. The molecule has 0 bridgehead atoms. The number of anilines is 1. The molecule has 0 amide bonds. The van der Waals surface area contributed by atoms with Crippen LogP contribution < -0.4 is 9.64 Å². The summed E-state index contributed by atoms with van der Waals surface area (Å²) < 4.78 is 17.6. The first-order valence-electron chi connectivity index (χ1n) is 15.5. The number of ether oxygens (including phenoxy) is 3. The maximum absolute atomic E-state index is 11.7. The Balaban J connectivity index is 1.18. The number of methoxy groups -OCH3 is 1. The van der Waals surface area contributed by atoms with Crippen LogP contribution in [0, 0.1) is 19.8 Å². The molecule has 0 unspecified atom stereocenters. The minimum Gasteiger partial charge on any atom is -0.488 e. The highest BCUT2D eigenvalue weighted by Crippen LogP contribution is 2.34. The number of benzene rings is 2. The molecule has 0 saturated carbocycles. The van der Waals surface area contributed by atoms with Gasteiger partial charge in [0.2, 0.25) is 0 Å². The van der Waals surface area contributed by atoms with Crippen LogP contribution in [0.3, 0.4) is 0 Å². The summed E-state index contributed by atoms with van der Waals surface area (Å²) in [7, 11) is 1.58. The van der Waals surface area contributed by atoms with Crippen molar-refractivity contribution in [2.75, 3.05) is 44.9 Å². The van der Waals surface area contributed by atoms with Crippen LogP contribution in [0.15, 0.2) is 48.5 Å². The fraction of sp³-hybridized carbons (Fsp3) is 0.486. The van der Waals surface area contributed by atoms with Gasteiger partial charge in [0, 0.05) is 58.1 Å². The van der Waals surface area contributed by atoms with Crippen LogP contribution in [0.4, 0.5) is 5.82 Å². The van der Waals surface area contributed by atoms with Crippen LogP contribution in [0.1, 0.15) is 47.1 Å². The number of fused-ring (bicyclic) bond motifs is 1. The Morgan fingerprint density at radius 2 is 1.91 bits per heavy atom. The molecule has 3 aliphatic rings. The normalized spacial score (nSPS) is 21.4. The second-order valence-electron chi connectivity index (χ2n) is 12.2. The average Bonchev–Trinajstić information content (AvgIpc) is 3.04. The van der Waals surface area contributed by atoms with Gasteiger partial charge in [-0.05, 0) is 86.1 Å². The van der Waals surface area contributed by atoms with Crippen molar-refractivity contribution in [3.63, 3.8) is 0 Å². The fourth-order valence-electron chi connectivity index (χ4n) is 6.95. The minimum atomic E-state index is -0.805. The molecule has 8 heteroatoms. The summed E-state index contributed by atoms with van der Waals surface area (Å²) in [5, 5.41) is 9.58. The number of carbonyl (C=O) groups is 1. The van der Waals surface area contributed by atoms with Gasteiger partial charge in [-0.1, -0.05) is 29.8 Å². The van der Waals surface area contributed by atoms with Crippen molar-refractivity contribution in [1.29, 1.82) is 0 Å². The number of aromatic nitrogens is 1. The molecular weight excluding hydrogens is 542 g/mol. The van der Waals surface area contributed by atoms with E-state index in [0.717, 1.165) is 74.0 Å². The zero-order chi connectivity index (χ0) is 29.9. The van der Waals surface area contributed by atoms with Crippen LogP contribution in [0.25, 0.3) is 11.3 Å². The SMILES string of the molecule is CO[C@@H]1CN(c2cccc(-c3cc(C)ccc3OCc3ccc4c(c3C)CCN(C3CCOCC3)C4)n2)CC[C@@H]1C(=O)O. The topological polar surface area (TPSA) is 84.4 Å². The predicted octanol–water partition coefficient (Wildman–Crippen LogP) is 5.41. The molecule has 3 aliphatic heterocycles. The summed E-state index contributed by atoms with van der Waals surface area (Å²) in [6.45, 7) is 9.81. The van der Waals surface area contributed by atoms with Crippen molar-refractivity contribution < 1.29 is 24.1 Å². The molecule has 228 valence electrons. The fourth-order valence-corrected chi connectivity index (χ4v) is 6.95. The summed E-state index contributed by atoms with van der Waals surface area (Å²) in [6, 6.07) is 17.4. The first kappa shape index (κ1) is 29.6. The molecule has 2 atom stereocenters. The second-order valence-corrected chi connectivity index (χ2v) is 12.2. The molecule has 6 rings (SSSR count). The van der Waals surface area contributed by atoms with Crippen molar-refractivity contribution in [2.45, 2.75) is 64.8 Å². The smallest absolute Gasteiger partial charge is 0.309 e. The van der Waals surface area contributed by atoms with Crippen LogP contribution in [-0.2, 0) is 33.8 Å². The van der Waals surface area contributed by atoms with Crippen molar-refractivity contribution in [1.82, 2.24) is 9.88 Å². The molecule has 2 fully saturated rings. The van der Waals surface area contributed by atoms with E-state index in [2.05, 4.69) is 47.9 Å². The van der Waals surface area contributed by atoms with Crippen LogP contribution in [0.5, 0.6) is 5.75 Å². The Hall–Kier alpha value is -3.46. The summed E-state index contributed by atoms with van der Waals surface area (Å²) in [5.74, 6) is 0.314. The van der Waals surface area contributed by atoms with Gasteiger partial charge in [0.1, 0.15) is 18.2 Å². The molecular formula is C35H43N3O5. The zero-order valence-corrected chi connectivity index (χ0v) is 25.6. The Kier molecular flexibility index (Phi) is 8.98. The Morgan fingerprint density at radius 3 is 2.70 bits per heavy atom. The summed E-state index contributed by atoms with van der Waals surface area (Å²) in [6.07, 6.45) is 3.49. The molecule has 2 saturated heterocycles. The predicted molar refractivity (Wildman–Crippen MR) is 167 cm³/mol. The van der Waals surface area contributed by atoms with Gasteiger partial charge >= 0.3 is 5.97 Å². The van der Waals surface area contributed by atoms with E-state index in [-0.39, 0.29) is 6.10 Å². The van der Waals surface area contributed by atoms with Gasteiger partial charge in [0.15, 0.2) is 0 Å². The lowest BCUT2D eigenvalue weighted by atomic mass is 9.90. The highest BCUT2D eigenvalue weighted by molar-refractivity contribution is 5.72. The number of aliphatic carboxylic acids is 1. The molecule has 8 nitrogen and oxygen atoms in total. The van der Waals surface area contributed by atoms with E-state index in [0.29, 0.717) is 32.2 Å². The van der Waals surface area contributed by atoms with Gasteiger partial charge < -0.3 is 24.2 Å². The van der Waals surface area contributed by atoms with E-state index in [4.69, 9.17) is 19.2 Å². The van der Waals surface area contributed by atoms with Gasteiger partial charge in [0.05, 0.1) is 17.7 Å². The molecule has 1 N–H and O–H groups in total. The first-order valence-corrected chi connectivity index (χ1v) is 15.5. The standard InChI is InChI=1S/C35H43N3O5/c1-23-7-10-32(30(19-23)31-5-4-6-34(36-31)38-16-12-29(35(39)40)33(21-38)41-3)43-22-26-9-8-25-20-37(15-11-28(25)24(26)2)27-13-17-42-18-14-27/h4-10,19,27,29,33H,11-18,20-22H2,1-3H3,(H,39,40)/t29-,33+/m0/s1. The Morgan fingerprint density at radius 1 is 1.07 bits per heavy atom. The highest BCUT2D eigenvalue weighted by atomic mass is 16.5. The molecule has 3 aromatic rings. The summed E-state index contributed by atoms with van der Waals surface area (Å²) >= 11 is 0. The van der Waals surface area contributed by atoms with E-state index in [1.807, 2.05) is 24.3 Å². The number of hydrogen-bond acceptors (Lipinski definition) is 7. The maximum atomic E-state index is 11.7. The number of piperidine rings is 1. The summed E-state index contributed by atoms with van der Waals surface area (Å²) in [5.41, 5.74) is 8.40. The molecule has 43 heavy (non-hydrogen) atoms. The number of nitrogens with zero attached hydrogens (tertiary/aromatic N) is 3. The lowest BCUT2D eigenvalue weighted by Crippen LogP contribution is -2.47. The van der Waals surface area contributed by atoms with Crippen molar-refractivity contribution in [2.24, 2.45) is 5.92 Å². The number of hydrogen-bond donors (Lipinski definition) is 1. The van der Waals surface area contributed by atoms with E-state index >= 15 is 0 Å². The molecule has 0 radical (unpaired) electrons. The van der Waals surface area contributed by atoms with Crippen molar-refractivity contribution >= 4 is 11.8 Å². The van der Waals surface area contributed by atoms with Gasteiger partial charge in [-0.25, -0.2) is 4.98 Å². The molecule has 1 aromatic heterocycles. The van der Waals surface area contributed by atoms with Gasteiger partial charge in [0.25, 0.3) is 0 Å². The molecule has 0 spiro atoms. The third kappa shape index (κ3) is 6.42. The van der Waals surface area contributed by atoms with E-state index < -0.39 is 11.9 Å². The molecule has 4 heterocycles. The van der Waals surface area contributed by atoms with Crippen molar-refractivity contribution in [3.8, 4) is 17.0 Å². The number of pyridine rings is 1. The van der Waals surface area contributed by atoms with Crippen LogP contribution in [-0.4, -0.2) is 73.1 Å². The van der Waals surface area contributed by atoms with Gasteiger partial charge in [-0.3, -0.25) is 9.69 Å². The monoisotopic (exact) mass is 585 g/mol. The summed E-state index contributed by atoms with van der Waals surface area (Å²) in [4.78, 5) is 21.4. The van der Waals surface area contributed by atoms with E-state index in [1.165, 1.54) is 22.3 Å². The number of carboxylic acid groups (broad SMARTS) is 1. The zero-order valence-electron chi connectivity index (χ0n) is 25.6. The second kappa shape index (κ2) is 13.0. The number of carboxylic acids is 1. The number of aryl methyl sites for hydroxylation is 1. The third-order valence-corrected chi connectivity index (χ3v) is 9.57. The Bertz CT molecular complexity index is 1450. The third-order valence-electron chi connectivity index (χ3n) is 9.57. The van der Waals surface area contributed by atoms with Crippen molar-refractivity contribution in [3.05, 3.63) is 76.3 Å². The van der Waals surface area contributed by atoms with Crippen LogP contribution in [0.2, 0.25) is 0 Å². The number of rotatable bonds is 8. The average molecular weight is 586 g/mol.